The van der Waals surface area contributed by atoms with E-state index in [0.717, 1.165) is 5.69 Å². The van der Waals surface area contributed by atoms with Crippen LogP contribution in [0.15, 0.2) is 24.5 Å². The molecule has 0 fully saturated rings. The van der Waals surface area contributed by atoms with Gasteiger partial charge in [-0.05, 0) is 19.0 Å². The van der Waals surface area contributed by atoms with Crippen LogP contribution in [0.3, 0.4) is 0 Å². The standard InChI is InChI=1S/C6H9BN2O/c1-7(10)9-6-2-4-8-5-3-6/h2-5,10H,1H3,(H,8,9). The number of nitrogens with zero attached hydrogens (tertiary/aromatic N) is 1. The van der Waals surface area contributed by atoms with Crippen molar-refractivity contribution in [3.63, 3.8) is 0 Å². The topological polar surface area (TPSA) is 45.1 Å². The first kappa shape index (κ1) is 7.09. The van der Waals surface area contributed by atoms with Gasteiger partial charge in [-0.3, -0.25) is 4.98 Å². The third-order valence-corrected chi connectivity index (χ3v) is 1.06. The molecule has 0 amide bonds. The van der Waals surface area contributed by atoms with Crippen molar-refractivity contribution in [3.05, 3.63) is 24.5 Å². The molecule has 0 saturated heterocycles. The Labute approximate surface area is 60.2 Å². The van der Waals surface area contributed by atoms with Crippen LogP contribution in [0.25, 0.3) is 0 Å². The molecule has 52 valence electrons. The molecule has 0 saturated carbocycles. The molecule has 1 aromatic heterocycles. The molecule has 0 aliphatic carbocycles. The van der Waals surface area contributed by atoms with Crippen LogP contribution in [-0.2, 0) is 0 Å². The van der Waals surface area contributed by atoms with Gasteiger partial charge in [-0.25, -0.2) is 0 Å². The first-order valence-electron chi connectivity index (χ1n) is 3.13. The molecule has 2 N–H and O–H groups in total. The van der Waals surface area contributed by atoms with Crippen molar-refractivity contribution in [2.45, 2.75) is 6.82 Å². The number of nitrogens with one attached hydrogen (secondary N) is 1. The lowest BCUT2D eigenvalue weighted by atomic mass is 9.88. The van der Waals surface area contributed by atoms with Crippen LogP contribution in [0.5, 0.6) is 0 Å². The average Bonchev–Trinajstić information content (AvgIpc) is 1.88. The van der Waals surface area contributed by atoms with E-state index in [0.29, 0.717) is 0 Å². The van der Waals surface area contributed by atoms with Crippen LogP contribution in [-0.4, -0.2) is 17.1 Å². The molecule has 4 heteroatoms. The van der Waals surface area contributed by atoms with Crippen molar-refractivity contribution in [3.8, 4) is 0 Å². The molecule has 0 aliphatic heterocycles. The number of hydrogen-bond acceptors (Lipinski definition) is 3. The van der Waals surface area contributed by atoms with Gasteiger partial charge >= 0.3 is 7.05 Å². The zero-order valence-electron chi connectivity index (χ0n) is 5.78. The monoisotopic (exact) mass is 136 g/mol. The van der Waals surface area contributed by atoms with E-state index < -0.39 is 7.05 Å². The van der Waals surface area contributed by atoms with E-state index in [1.54, 1.807) is 31.3 Å². The van der Waals surface area contributed by atoms with Gasteiger partial charge in [0.1, 0.15) is 0 Å². The van der Waals surface area contributed by atoms with E-state index in [1.807, 2.05) is 0 Å². The number of aromatic nitrogens is 1. The fourth-order valence-corrected chi connectivity index (χ4v) is 0.689. The average molecular weight is 136 g/mol. The normalized spacial score (nSPS) is 9.00. The van der Waals surface area contributed by atoms with Crippen LogP contribution in [0, 0.1) is 0 Å². The highest BCUT2D eigenvalue weighted by Gasteiger charge is 1.99. The van der Waals surface area contributed by atoms with Gasteiger partial charge < -0.3 is 10.3 Å². The Morgan fingerprint density at radius 1 is 1.50 bits per heavy atom. The summed E-state index contributed by atoms with van der Waals surface area (Å²) in [5.41, 5.74) is 0.880. The second-order valence-electron chi connectivity index (χ2n) is 2.06. The molecule has 0 aliphatic rings. The molecule has 10 heavy (non-hydrogen) atoms. The fourth-order valence-electron chi connectivity index (χ4n) is 0.689. The van der Waals surface area contributed by atoms with Gasteiger partial charge in [0.15, 0.2) is 0 Å². The summed E-state index contributed by atoms with van der Waals surface area (Å²) in [5.74, 6) is 0. The Bertz CT molecular complexity index is 190. The van der Waals surface area contributed by atoms with E-state index >= 15 is 0 Å². The van der Waals surface area contributed by atoms with Gasteiger partial charge in [-0.2, -0.15) is 0 Å². The third kappa shape index (κ3) is 2.07. The highest BCUT2D eigenvalue weighted by Crippen LogP contribution is 2.02. The summed E-state index contributed by atoms with van der Waals surface area (Å²) in [6, 6.07) is 3.60. The summed E-state index contributed by atoms with van der Waals surface area (Å²) < 4.78 is 0. The Kier molecular flexibility index (Phi) is 2.28. The summed E-state index contributed by atoms with van der Waals surface area (Å²) >= 11 is 0. The summed E-state index contributed by atoms with van der Waals surface area (Å²) in [7, 11) is -0.512. The Morgan fingerprint density at radius 2 is 2.10 bits per heavy atom. The van der Waals surface area contributed by atoms with Crippen molar-refractivity contribution in [2.75, 3.05) is 5.23 Å². The molecule has 1 aromatic rings. The third-order valence-electron chi connectivity index (χ3n) is 1.06. The largest absolute Gasteiger partial charge is 0.433 e. The molecule has 3 nitrogen and oxygen atoms in total. The number of pyridine rings is 1. The molecule has 0 atom stereocenters. The molecular formula is C6H9BN2O. The number of hydrogen-bond donors (Lipinski definition) is 2. The zero-order valence-corrected chi connectivity index (χ0v) is 5.78. The summed E-state index contributed by atoms with van der Waals surface area (Å²) in [4.78, 5) is 3.83. The molecule has 0 spiro atoms. The summed E-state index contributed by atoms with van der Waals surface area (Å²) in [6.07, 6.45) is 3.34. The SMILES string of the molecule is CB(O)Nc1ccncc1. The molecule has 1 rings (SSSR count). The van der Waals surface area contributed by atoms with Crippen molar-refractivity contribution in [1.29, 1.82) is 0 Å². The van der Waals surface area contributed by atoms with Gasteiger partial charge in [-0.15, -0.1) is 0 Å². The second-order valence-corrected chi connectivity index (χ2v) is 2.06. The number of anilines is 1. The predicted molar refractivity (Wildman–Crippen MR) is 41.7 cm³/mol. The van der Waals surface area contributed by atoms with Crippen molar-refractivity contribution >= 4 is 12.7 Å². The van der Waals surface area contributed by atoms with E-state index in [1.165, 1.54) is 0 Å². The zero-order chi connectivity index (χ0) is 7.40. The molecule has 1 heterocycles. The second kappa shape index (κ2) is 3.22. The molecule has 0 radical (unpaired) electrons. The lowest BCUT2D eigenvalue weighted by Crippen LogP contribution is -2.19. The van der Waals surface area contributed by atoms with E-state index in [2.05, 4.69) is 10.2 Å². The minimum atomic E-state index is -0.512. The number of rotatable bonds is 2. The maximum Gasteiger partial charge on any atom is 0.406 e. The minimum absolute atomic E-state index is 0.512. The Balaban J connectivity index is 2.59. The minimum Gasteiger partial charge on any atom is -0.433 e. The maximum atomic E-state index is 8.87. The highest BCUT2D eigenvalue weighted by atomic mass is 16.2. The maximum absolute atomic E-state index is 8.87. The van der Waals surface area contributed by atoms with Crippen LogP contribution in [0.2, 0.25) is 6.82 Å². The van der Waals surface area contributed by atoms with E-state index in [9.17, 15) is 0 Å². The van der Waals surface area contributed by atoms with Gasteiger partial charge in [0.2, 0.25) is 0 Å². The first-order chi connectivity index (χ1) is 4.79. The quantitative estimate of drug-likeness (QED) is 0.585. The van der Waals surface area contributed by atoms with Gasteiger partial charge in [0.25, 0.3) is 0 Å². The van der Waals surface area contributed by atoms with Crippen LogP contribution < -0.4 is 5.23 Å². The lowest BCUT2D eigenvalue weighted by molar-refractivity contribution is 0.587. The molecule has 0 aromatic carbocycles. The van der Waals surface area contributed by atoms with E-state index in [-0.39, 0.29) is 0 Å². The fraction of sp³-hybridized carbons (Fsp3) is 0.167. The van der Waals surface area contributed by atoms with Crippen molar-refractivity contribution in [2.24, 2.45) is 0 Å². The van der Waals surface area contributed by atoms with Crippen LogP contribution in [0.4, 0.5) is 5.69 Å². The molecule has 0 unspecified atom stereocenters. The van der Waals surface area contributed by atoms with Gasteiger partial charge in [-0.1, -0.05) is 0 Å². The molecular weight excluding hydrogens is 127 g/mol. The molecule has 0 bridgehead atoms. The van der Waals surface area contributed by atoms with Crippen LogP contribution in [0.1, 0.15) is 0 Å². The summed E-state index contributed by atoms with van der Waals surface area (Å²) in [6.45, 7) is 1.67. The smallest absolute Gasteiger partial charge is 0.406 e. The van der Waals surface area contributed by atoms with E-state index in [4.69, 9.17) is 5.02 Å². The van der Waals surface area contributed by atoms with Crippen LogP contribution >= 0.6 is 0 Å². The highest BCUT2D eigenvalue weighted by molar-refractivity contribution is 6.52. The Hall–Kier alpha value is -1.03. The Morgan fingerprint density at radius 3 is 2.60 bits per heavy atom. The summed E-state index contributed by atoms with van der Waals surface area (Å²) in [5, 5.41) is 11.7. The lowest BCUT2D eigenvalue weighted by Gasteiger charge is -2.03. The predicted octanol–water partition coefficient (Wildman–Crippen LogP) is 0.604. The van der Waals surface area contributed by atoms with Gasteiger partial charge in [0.05, 0.1) is 0 Å². The van der Waals surface area contributed by atoms with Crippen molar-refractivity contribution < 1.29 is 5.02 Å². The van der Waals surface area contributed by atoms with Crippen molar-refractivity contribution in [1.82, 2.24) is 4.98 Å². The van der Waals surface area contributed by atoms with Gasteiger partial charge in [0, 0.05) is 18.1 Å². The first-order valence-corrected chi connectivity index (χ1v) is 3.13.